The van der Waals surface area contributed by atoms with E-state index in [-0.39, 0.29) is 0 Å². The van der Waals surface area contributed by atoms with Gasteiger partial charge in [-0.3, -0.25) is 0 Å². The topological polar surface area (TPSA) is 67.8 Å². The van der Waals surface area contributed by atoms with Gasteiger partial charge in [-0.1, -0.05) is 26.0 Å². The molecule has 0 aliphatic rings. The summed E-state index contributed by atoms with van der Waals surface area (Å²) in [7, 11) is 0. The fourth-order valence-corrected chi connectivity index (χ4v) is 1.96. The van der Waals surface area contributed by atoms with Gasteiger partial charge < -0.3 is 10.1 Å². The zero-order valence-corrected chi connectivity index (χ0v) is 14.7. The molecule has 1 aromatic rings. The SMILES string of the molecule is CC.Cc1cc(CCNC(=O)OC(C)(C)C)cc(C)c1N=O. The van der Waals surface area contributed by atoms with E-state index in [9.17, 15) is 9.70 Å². The number of hydrogen-bond donors (Lipinski definition) is 1. The van der Waals surface area contributed by atoms with Gasteiger partial charge in [-0.2, -0.15) is 0 Å². The van der Waals surface area contributed by atoms with Crippen LogP contribution in [0.5, 0.6) is 0 Å². The van der Waals surface area contributed by atoms with Crippen LogP contribution in [0, 0.1) is 18.8 Å². The maximum Gasteiger partial charge on any atom is 0.407 e. The average molecular weight is 308 g/mol. The van der Waals surface area contributed by atoms with Crippen LogP contribution in [-0.4, -0.2) is 18.2 Å². The Morgan fingerprint density at radius 2 is 1.68 bits per heavy atom. The van der Waals surface area contributed by atoms with Crippen molar-refractivity contribution in [2.75, 3.05) is 6.54 Å². The molecule has 22 heavy (non-hydrogen) atoms. The van der Waals surface area contributed by atoms with Crippen LogP contribution < -0.4 is 5.32 Å². The maximum atomic E-state index is 11.5. The first-order valence-corrected chi connectivity index (χ1v) is 7.63. The van der Waals surface area contributed by atoms with Gasteiger partial charge in [0.25, 0.3) is 0 Å². The highest BCUT2D eigenvalue weighted by atomic mass is 16.6. The molecule has 0 fully saturated rings. The van der Waals surface area contributed by atoms with E-state index in [1.54, 1.807) is 0 Å². The number of nitrogens with zero attached hydrogens (tertiary/aromatic N) is 1. The molecule has 5 heteroatoms. The molecular formula is C17H28N2O3. The molecule has 0 aliphatic heterocycles. The summed E-state index contributed by atoms with van der Waals surface area (Å²) in [5.74, 6) is 0. The second-order valence-electron chi connectivity index (χ2n) is 5.85. The van der Waals surface area contributed by atoms with Crippen LogP contribution in [0.4, 0.5) is 10.5 Å². The Balaban J connectivity index is 0.00000211. The highest BCUT2D eigenvalue weighted by Gasteiger charge is 2.15. The lowest BCUT2D eigenvalue weighted by atomic mass is 10.0. The predicted molar refractivity (Wildman–Crippen MR) is 90.7 cm³/mol. The van der Waals surface area contributed by atoms with Crippen molar-refractivity contribution in [2.24, 2.45) is 5.18 Å². The summed E-state index contributed by atoms with van der Waals surface area (Å²) in [6.45, 7) is 13.7. The minimum atomic E-state index is -0.492. The second-order valence-corrected chi connectivity index (χ2v) is 5.85. The van der Waals surface area contributed by atoms with Crippen LogP contribution in [0.15, 0.2) is 17.3 Å². The lowest BCUT2D eigenvalue weighted by Gasteiger charge is -2.19. The molecule has 0 spiro atoms. The maximum absolute atomic E-state index is 11.5. The van der Waals surface area contributed by atoms with E-state index in [4.69, 9.17) is 4.74 Å². The van der Waals surface area contributed by atoms with Crippen molar-refractivity contribution in [1.82, 2.24) is 5.32 Å². The van der Waals surface area contributed by atoms with Crippen LogP contribution in [-0.2, 0) is 11.2 Å². The van der Waals surface area contributed by atoms with Crippen molar-refractivity contribution in [1.29, 1.82) is 0 Å². The molecule has 1 N–H and O–H groups in total. The summed E-state index contributed by atoms with van der Waals surface area (Å²) < 4.78 is 5.15. The molecule has 0 atom stereocenters. The number of benzene rings is 1. The summed E-state index contributed by atoms with van der Waals surface area (Å²) in [4.78, 5) is 22.2. The van der Waals surface area contributed by atoms with Gasteiger partial charge in [-0.05, 0) is 62.9 Å². The number of aryl methyl sites for hydroxylation is 2. The Labute approximate surface area is 133 Å². The van der Waals surface area contributed by atoms with Crippen molar-refractivity contribution >= 4 is 11.8 Å². The normalized spacial score (nSPS) is 10.3. The Bertz CT molecular complexity index is 482. The Morgan fingerprint density at radius 1 is 1.18 bits per heavy atom. The molecule has 0 saturated heterocycles. The number of carbonyl (C=O) groups is 1. The van der Waals surface area contributed by atoms with Crippen LogP contribution in [0.2, 0.25) is 0 Å². The number of nitrogens with one attached hydrogen (secondary N) is 1. The van der Waals surface area contributed by atoms with E-state index in [0.29, 0.717) is 18.7 Å². The first-order chi connectivity index (χ1) is 10.2. The number of nitroso groups, excluding NO2 is 1. The number of alkyl carbamates (subject to hydrolysis) is 1. The number of hydrogen-bond acceptors (Lipinski definition) is 4. The number of rotatable bonds is 4. The molecule has 0 saturated carbocycles. The zero-order valence-electron chi connectivity index (χ0n) is 14.7. The molecule has 1 rings (SSSR count). The molecule has 0 radical (unpaired) electrons. The van der Waals surface area contributed by atoms with E-state index in [1.807, 2.05) is 60.6 Å². The van der Waals surface area contributed by atoms with Crippen LogP contribution in [0.3, 0.4) is 0 Å². The van der Waals surface area contributed by atoms with E-state index >= 15 is 0 Å². The molecule has 0 aliphatic carbocycles. The van der Waals surface area contributed by atoms with E-state index in [1.165, 1.54) is 0 Å². The molecule has 0 heterocycles. The van der Waals surface area contributed by atoms with Crippen molar-refractivity contribution in [3.8, 4) is 0 Å². The van der Waals surface area contributed by atoms with E-state index in [2.05, 4.69) is 10.5 Å². The van der Waals surface area contributed by atoms with Gasteiger partial charge >= 0.3 is 6.09 Å². The van der Waals surface area contributed by atoms with Gasteiger partial charge in [0.05, 0.1) is 0 Å². The van der Waals surface area contributed by atoms with E-state index < -0.39 is 11.7 Å². The van der Waals surface area contributed by atoms with Crippen LogP contribution >= 0.6 is 0 Å². The van der Waals surface area contributed by atoms with Gasteiger partial charge in [0.15, 0.2) is 0 Å². The minimum Gasteiger partial charge on any atom is -0.444 e. The fraction of sp³-hybridized carbons (Fsp3) is 0.588. The highest BCUT2D eigenvalue weighted by Crippen LogP contribution is 2.24. The quantitative estimate of drug-likeness (QED) is 0.813. The largest absolute Gasteiger partial charge is 0.444 e. The Kier molecular flexibility index (Phi) is 8.38. The van der Waals surface area contributed by atoms with Crippen molar-refractivity contribution < 1.29 is 9.53 Å². The summed E-state index contributed by atoms with van der Waals surface area (Å²) in [6.07, 6.45) is 0.261. The first kappa shape index (κ1) is 20.1. The monoisotopic (exact) mass is 308 g/mol. The van der Waals surface area contributed by atoms with Crippen molar-refractivity contribution in [3.63, 3.8) is 0 Å². The minimum absolute atomic E-state index is 0.419. The molecule has 1 aromatic carbocycles. The lowest BCUT2D eigenvalue weighted by Crippen LogP contribution is -2.33. The number of ether oxygens (including phenoxy) is 1. The molecule has 0 aromatic heterocycles. The third-order valence-electron chi connectivity index (χ3n) is 2.72. The third-order valence-corrected chi connectivity index (χ3v) is 2.72. The van der Waals surface area contributed by atoms with E-state index in [0.717, 1.165) is 16.7 Å². The highest BCUT2D eigenvalue weighted by molar-refractivity contribution is 5.67. The number of amides is 1. The molecule has 5 nitrogen and oxygen atoms in total. The molecular weight excluding hydrogens is 280 g/mol. The fourth-order valence-electron chi connectivity index (χ4n) is 1.96. The summed E-state index contributed by atoms with van der Waals surface area (Å²) >= 11 is 0. The Morgan fingerprint density at radius 3 is 2.09 bits per heavy atom. The average Bonchev–Trinajstić information content (AvgIpc) is 2.38. The second kappa shape index (κ2) is 9.18. The van der Waals surface area contributed by atoms with Gasteiger partial charge in [-0.15, -0.1) is 4.91 Å². The zero-order chi connectivity index (χ0) is 17.3. The summed E-state index contributed by atoms with van der Waals surface area (Å²) in [6, 6.07) is 3.83. The molecule has 0 unspecified atom stereocenters. The van der Waals surface area contributed by atoms with Gasteiger partial charge in [0.1, 0.15) is 11.3 Å². The van der Waals surface area contributed by atoms with Gasteiger partial charge in [0, 0.05) is 6.54 Å². The molecule has 124 valence electrons. The summed E-state index contributed by atoms with van der Waals surface area (Å²) in [5.41, 5.74) is 2.77. The van der Waals surface area contributed by atoms with Crippen molar-refractivity contribution in [3.05, 3.63) is 33.7 Å². The number of carbonyl (C=O) groups excluding carboxylic acids is 1. The van der Waals surface area contributed by atoms with Crippen molar-refractivity contribution in [2.45, 2.75) is 60.5 Å². The predicted octanol–water partition coefficient (Wildman–Crippen LogP) is 4.79. The lowest BCUT2D eigenvalue weighted by molar-refractivity contribution is 0.0528. The van der Waals surface area contributed by atoms with Gasteiger partial charge in [-0.25, -0.2) is 4.79 Å². The standard InChI is InChI=1S/C15H22N2O3.C2H6/c1-10-8-12(9-11(2)13(10)17-19)6-7-16-14(18)20-15(3,4)5;1-2/h8-9H,6-7H2,1-5H3,(H,16,18);1-2H3. The van der Waals surface area contributed by atoms with Gasteiger partial charge in [0.2, 0.25) is 0 Å². The molecule has 1 amide bonds. The van der Waals surface area contributed by atoms with Crippen LogP contribution in [0.25, 0.3) is 0 Å². The Hall–Kier alpha value is -1.91. The molecule has 0 bridgehead atoms. The summed E-state index contributed by atoms with van der Waals surface area (Å²) in [5, 5.41) is 5.73. The smallest absolute Gasteiger partial charge is 0.407 e. The van der Waals surface area contributed by atoms with Crippen LogP contribution in [0.1, 0.15) is 51.3 Å². The first-order valence-electron chi connectivity index (χ1n) is 7.63. The third kappa shape index (κ3) is 7.20.